The molecule has 0 aliphatic carbocycles. The molecule has 0 bridgehead atoms. The van der Waals surface area contributed by atoms with E-state index in [1.165, 1.54) is 23.8 Å². The van der Waals surface area contributed by atoms with Crippen molar-refractivity contribution in [2.24, 2.45) is 7.05 Å². The summed E-state index contributed by atoms with van der Waals surface area (Å²) in [6.45, 7) is 5.54. The molecule has 2 aromatic carbocycles. The molecule has 1 N–H and O–H groups in total. The number of pyridine rings is 1. The highest BCUT2D eigenvalue weighted by molar-refractivity contribution is 5.98. The van der Waals surface area contributed by atoms with Gasteiger partial charge in [0.05, 0.1) is 18.9 Å². The molecule has 6 nitrogen and oxygen atoms in total. The fraction of sp³-hybridized carbons (Fsp3) is 0.333. The monoisotopic (exact) mass is 429 g/mol. The largest absolute Gasteiger partial charge is 0.494 e. The number of aliphatic hydroxyl groups is 1. The van der Waals surface area contributed by atoms with Gasteiger partial charge in [0.2, 0.25) is 0 Å². The molecule has 1 unspecified atom stereocenters. The number of hydrogen-bond acceptors (Lipinski definition) is 5. The maximum absolute atomic E-state index is 14.5. The summed E-state index contributed by atoms with van der Waals surface area (Å²) in [6.07, 6.45) is -0.550. The van der Waals surface area contributed by atoms with Gasteiger partial charge in [-0.05, 0) is 49.9 Å². The fourth-order valence-electron chi connectivity index (χ4n) is 3.56. The van der Waals surface area contributed by atoms with Gasteiger partial charge in [-0.25, -0.2) is 4.39 Å². The number of fused-ring (bicyclic) bond motifs is 1. The van der Waals surface area contributed by atoms with E-state index < -0.39 is 11.9 Å². The number of aryl methyl sites for hydroxylation is 1. The summed E-state index contributed by atoms with van der Waals surface area (Å²) in [5.41, 5.74) is 2.21. The van der Waals surface area contributed by atoms with Crippen molar-refractivity contribution in [3.8, 4) is 16.9 Å². The molecule has 0 saturated heterocycles. The van der Waals surface area contributed by atoms with Crippen LogP contribution in [-0.4, -0.2) is 36.3 Å². The third-order valence-corrected chi connectivity index (χ3v) is 4.85. The van der Waals surface area contributed by atoms with Gasteiger partial charge >= 0.3 is 0 Å². The average molecular weight is 429 g/mol. The number of benzene rings is 2. The van der Waals surface area contributed by atoms with Crippen molar-refractivity contribution in [1.29, 1.82) is 0 Å². The molecule has 3 rings (SSSR count). The third-order valence-electron chi connectivity index (χ3n) is 4.85. The Kier molecular flexibility index (Phi) is 8.08. The quantitative estimate of drug-likeness (QED) is 0.601. The Balaban J connectivity index is 0.00000166. The molecule has 0 aliphatic rings. The Morgan fingerprint density at radius 3 is 2.32 bits per heavy atom. The maximum atomic E-state index is 14.5. The zero-order valence-electron chi connectivity index (χ0n) is 18.6. The number of aldehydes is 1. The van der Waals surface area contributed by atoms with Gasteiger partial charge in [-0.3, -0.25) is 4.79 Å². The first-order chi connectivity index (χ1) is 14.8. The minimum absolute atomic E-state index is 0.117. The van der Waals surface area contributed by atoms with E-state index in [1.807, 2.05) is 32.9 Å². The Hall–Kier alpha value is -3.03. The van der Waals surface area contributed by atoms with Crippen LogP contribution in [0.4, 0.5) is 4.39 Å². The molecular formula is C24H28FNO5. The number of hydrogen-bond donors (Lipinski definition) is 1. The normalized spacial score (nSPS) is 11.8. The number of nitrogens with zero attached hydrogens (tertiary/aromatic N) is 1. The van der Waals surface area contributed by atoms with Crippen LogP contribution in [-0.2, 0) is 16.6 Å². The number of aliphatic hydroxyl groups excluding tert-OH is 1. The van der Waals surface area contributed by atoms with Crippen LogP contribution in [0.15, 0.2) is 41.2 Å². The second-order valence-electron chi connectivity index (χ2n) is 7.26. The van der Waals surface area contributed by atoms with Crippen molar-refractivity contribution in [2.45, 2.75) is 33.0 Å². The van der Waals surface area contributed by atoms with E-state index in [0.29, 0.717) is 33.9 Å². The van der Waals surface area contributed by atoms with Crippen LogP contribution in [0.1, 0.15) is 31.2 Å². The summed E-state index contributed by atoms with van der Waals surface area (Å²) in [4.78, 5) is 24.9. The van der Waals surface area contributed by atoms with Gasteiger partial charge in [0, 0.05) is 25.1 Å². The standard InChI is InChI=1S/C23H24FNO4.CH4O/c1-13(2)29-20(12-26)22-21(15-7-9-19(28-5)18(24)11-15)17-10-14(3)6-8-16(17)23(27)25(22)4;1-2/h6-13,20H,1-5H3;2H,1H3. The Morgan fingerprint density at radius 1 is 1.10 bits per heavy atom. The van der Waals surface area contributed by atoms with Gasteiger partial charge in [0.25, 0.3) is 5.56 Å². The predicted octanol–water partition coefficient (Wildman–Crippen LogP) is 3.94. The minimum Gasteiger partial charge on any atom is -0.494 e. The first kappa shape index (κ1) is 24.2. The van der Waals surface area contributed by atoms with Crippen LogP contribution in [0.5, 0.6) is 5.75 Å². The summed E-state index contributed by atoms with van der Waals surface area (Å²) >= 11 is 0. The van der Waals surface area contributed by atoms with Crippen molar-refractivity contribution < 1.29 is 23.8 Å². The highest BCUT2D eigenvalue weighted by Gasteiger charge is 2.25. The Bertz CT molecular complexity index is 1140. The summed E-state index contributed by atoms with van der Waals surface area (Å²) in [7, 11) is 3.99. The van der Waals surface area contributed by atoms with E-state index in [-0.39, 0.29) is 17.4 Å². The molecule has 1 atom stereocenters. The molecule has 0 aliphatic heterocycles. The Morgan fingerprint density at radius 2 is 1.77 bits per heavy atom. The molecule has 1 heterocycles. The maximum Gasteiger partial charge on any atom is 0.258 e. The first-order valence-corrected chi connectivity index (χ1v) is 9.81. The number of carbonyl (C=O) groups is 1. The molecule has 3 aromatic rings. The predicted molar refractivity (Wildman–Crippen MR) is 119 cm³/mol. The molecule has 0 spiro atoms. The molecule has 0 saturated carbocycles. The van der Waals surface area contributed by atoms with Crippen LogP contribution >= 0.6 is 0 Å². The number of rotatable bonds is 6. The number of halogens is 1. The zero-order valence-corrected chi connectivity index (χ0v) is 18.6. The van der Waals surface area contributed by atoms with Crippen molar-refractivity contribution >= 4 is 17.1 Å². The van der Waals surface area contributed by atoms with Gasteiger partial charge in [-0.1, -0.05) is 23.8 Å². The van der Waals surface area contributed by atoms with Gasteiger partial charge in [-0.2, -0.15) is 0 Å². The lowest BCUT2D eigenvalue weighted by Gasteiger charge is -2.23. The number of methoxy groups -OCH3 is 1. The second-order valence-corrected chi connectivity index (χ2v) is 7.26. The van der Waals surface area contributed by atoms with E-state index in [1.54, 1.807) is 19.2 Å². The van der Waals surface area contributed by atoms with Gasteiger partial charge < -0.3 is 23.9 Å². The fourth-order valence-corrected chi connectivity index (χ4v) is 3.56. The number of carbonyl (C=O) groups excluding carboxylic acids is 1. The van der Waals surface area contributed by atoms with E-state index in [4.69, 9.17) is 14.6 Å². The molecular weight excluding hydrogens is 401 g/mol. The summed E-state index contributed by atoms with van der Waals surface area (Å²) in [5, 5.41) is 8.13. The molecule has 0 radical (unpaired) electrons. The summed E-state index contributed by atoms with van der Waals surface area (Å²) in [6, 6.07) is 10.1. The first-order valence-electron chi connectivity index (χ1n) is 9.81. The van der Waals surface area contributed by atoms with Crippen molar-refractivity contribution in [2.75, 3.05) is 14.2 Å². The number of ether oxygens (including phenoxy) is 2. The summed E-state index contributed by atoms with van der Waals surface area (Å²) in [5.74, 6) is -0.413. The van der Waals surface area contributed by atoms with Crippen LogP contribution in [0.2, 0.25) is 0 Å². The van der Waals surface area contributed by atoms with Crippen LogP contribution in [0.3, 0.4) is 0 Å². The van der Waals surface area contributed by atoms with E-state index in [9.17, 15) is 14.0 Å². The smallest absolute Gasteiger partial charge is 0.258 e. The highest BCUT2D eigenvalue weighted by atomic mass is 19.1. The lowest BCUT2D eigenvalue weighted by molar-refractivity contribution is -0.121. The van der Waals surface area contributed by atoms with Crippen molar-refractivity contribution in [3.05, 3.63) is 63.8 Å². The van der Waals surface area contributed by atoms with Gasteiger partial charge in [0.15, 0.2) is 24.0 Å². The zero-order chi connectivity index (χ0) is 23.3. The van der Waals surface area contributed by atoms with Crippen LogP contribution in [0.25, 0.3) is 21.9 Å². The molecule has 0 fully saturated rings. The average Bonchev–Trinajstić information content (AvgIpc) is 2.75. The second kappa shape index (κ2) is 10.3. The minimum atomic E-state index is -0.974. The summed E-state index contributed by atoms with van der Waals surface area (Å²) < 4.78 is 26.8. The SMILES string of the molecule is CO.COc1ccc(-c2c(C(C=O)OC(C)C)n(C)c(=O)c3ccc(C)cc23)cc1F. The molecule has 1 aromatic heterocycles. The van der Waals surface area contributed by atoms with Crippen LogP contribution in [0, 0.1) is 12.7 Å². The highest BCUT2D eigenvalue weighted by Crippen LogP contribution is 2.36. The van der Waals surface area contributed by atoms with Crippen molar-refractivity contribution in [3.63, 3.8) is 0 Å². The molecule has 166 valence electrons. The molecule has 31 heavy (non-hydrogen) atoms. The van der Waals surface area contributed by atoms with E-state index in [0.717, 1.165) is 12.7 Å². The van der Waals surface area contributed by atoms with Crippen molar-refractivity contribution in [1.82, 2.24) is 4.57 Å². The Labute approximate surface area is 180 Å². The third kappa shape index (κ3) is 4.84. The lowest BCUT2D eigenvalue weighted by Crippen LogP contribution is -2.26. The van der Waals surface area contributed by atoms with E-state index in [2.05, 4.69) is 0 Å². The lowest BCUT2D eigenvalue weighted by atomic mass is 9.93. The molecule has 0 amide bonds. The topological polar surface area (TPSA) is 77.8 Å². The van der Waals surface area contributed by atoms with Gasteiger partial charge in [0.1, 0.15) is 0 Å². The molecule has 7 heteroatoms. The van der Waals surface area contributed by atoms with Gasteiger partial charge in [-0.15, -0.1) is 0 Å². The number of aromatic nitrogens is 1. The van der Waals surface area contributed by atoms with E-state index >= 15 is 0 Å². The van der Waals surface area contributed by atoms with Crippen LogP contribution < -0.4 is 10.3 Å².